The summed E-state index contributed by atoms with van der Waals surface area (Å²) in [6, 6.07) is 62.4. The summed E-state index contributed by atoms with van der Waals surface area (Å²) in [5.74, 6) is 0. The molecule has 0 N–H and O–H groups in total. The number of aromatic nitrogens is 1. The quantitative estimate of drug-likeness (QED) is 0.171. The zero-order chi connectivity index (χ0) is 33.5. The van der Waals surface area contributed by atoms with Crippen molar-refractivity contribution in [2.75, 3.05) is 0 Å². The summed E-state index contributed by atoms with van der Waals surface area (Å²) in [6.07, 6.45) is 1.90. The van der Waals surface area contributed by atoms with Crippen LogP contribution in [0.5, 0.6) is 0 Å². The van der Waals surface area contributed by atoms with E-state index in [-0.39, 0.29) is 0 Å². The standard InChI is InChI=1S/C49H29NS/c1-2-16-38-36(14-1)37-15-3-4-17-39(37)45-29-33(25-26-40(38)45)32-11-5-12-34(28-32)35-18-7-21-43-44-22-8-20-42(49(44)51-48(35)43)41-19-6-10-30-23-24-31-13-9-27-50-47(31)46(30)41/h1-29H. The van der Waals surface area contributed by atoms with Gasteiger partial charge in [-0.2, -0.15) is 0 Å². The lowest BCUT2D eigenvalue weighted by Gasteiger charge is -2.12. The van der Waals surface area contributed by atoms with E-state index in [1.165, 1.54) is 96.6 Å². The minimum Gasteiger partial charge on any atom is -0.256 e. The molecule has 0 spiro atoms. The summed E-state index contributed by atoms with van der Waals surface area (Å²) >= 11 is 1.90. The van der Waals surface area contributed by atoms with Gasteiger partial charge in [0, 0.05) is 42.7 Å². The Hall–Kier alpha value is -6.35. The third-order valence-corrected chi connectivity index (χ3v) is 12.0. The lowest BCUT2D eigenvalue weighted by Crippen LogP contribution is -1.86. The molecule has 0 aliphatic heterocycles. The molecular formula is C49H29NS. The molecule has 11 aromatic rings. The van der Waals surface area contributed by atoms with Crippen LogP contribution in [0.25, 0.3) is 108 Å². The molecule has 0 unspecified atom stereocenters. The summed E-state index contributed by atoms with van der Waals surface area (Å²) in [7, 11) is 0. The van der Waals surface area contributed by atoms with Crippen molar-refractivity contribution in [1.29, 1.82) is 0 Å². The van der Waals surface area contributed by atoms with Crippen molar-refractivity contribution in [3.8, 4) is 33.4 Å². The van der Waals surface area contributed by atoms with Crippen molar-refractivity contribution in [2.45, 2.75) is 0 Å². The van der Waals surface area contributed by atoms with Crippen LogP contribution < -0.4 is 0 Å². The Morgan fingerprint density at radius 3 is 1.67 bits per heavy atom. The van der Waals surface area contributed by atoms with Gasteiger partial charge in [-0.25, -0.2) is 0 Å². The van der Waals surface area contributed by atoms with Crippen LogP contribution in [0.3, 0.4) is 0 Å². The van der Waals surface area contributed by atoms with E-state index in [0.29, 0.717) is 0 Å². The zero-order valence-electron chi connectivity index (χ0n) is 27.6. The highest BCUT2D eigenvalue weighted by Crippen LogP contribution is 2.46. The molecule has 2 heterocycles. The van der Waals surface area contributed by atoms with E-state index >= 15 is 0 Å². The highest BCUT2D eigenvalue weighted by Gasteiger charge is 2.17. The largest absolute Gasteiger partial charge is 0.256 e. The molecule has 0 aliphatic carbocycles. The topological polar surface area (TPSA) is 12.9 Å². The van der Waals surface area contributed by atoms with Gasteiger partial charge in [-0.1, -0.05) is 152 Å². The van der Waals surface area contributed by atoms with Crippen molar-refractivity contribution in [2.24, 2.45) is 0 Å². The molecule has 2 aromatic heterocycles. The molecule has 2 heteroatoms. The van der Waals surface area contributed by atoms with E-state index in [4.69, 9.17) is 4.98 Å². The van der Waals surface area contributed by atoms with Crippen LogP contribution in [-0.2, 0) is 0 Å². The first-order valence-electron chi connectivity index (χ1n) is 17.5. The lowest BCUT2D eigenvalue weighted by atomic mass is 9.91. The highest BCUT2D eigenvalue weighted by molar-refractivity contribution is 7.26. The Kier molecular flexibility index (Phi) is 6.19. The Bertz CT molecular complexity index is 3170. The molecular weight excluding hydrogens is 635 g/mol. The van der Waals surface area contributed by atoms with Crippen molar-refractivity contribution in [1.82, 2.24) is 4.98 Å². The predicted octanol–water partition coefficient (Wildman–Crippen LogP) is 14.2. The van der Waals surface area contributed by atoms with Gasteiger partial charge in [0.1, 0.15) is 0 Å². The van der Waals surface area contributed by atoms with Gasteiger partial charge < -0.3 is 0 Å². The minimum atomic E-state index is 1.05. The van der Waals surface area contributed by atoms with E-state index in [9.17, 15) is 0 Å². The first kappa shape index (κ1) is 28.5. The monoisotopic (exact) mass is 663 g/mol. The maximum atomic E-state index is 4.85. The van der Waals surface area contributed by atoms with Gasteiger partial charge in [-0.15, -0.1) is 11.3 Å². The van der Waals surface area contributed by atoms with Crippen LogP contribution in [0.15, 0.2) is 176 Å². The van der Waals surface area contributed by atoms with E-state index in [1.54, 1.807) is 0 Å². The number of rotatable bonds is 3. The van der Waals surface area contributed by atoms with Crippen LogP contribution in [0.4, 0.5) is 0 Å². The fraction of sp³-hybridized carbons (Fsp3) is 0. The zero-order valence-corrected chi connectivity index (χ0v) is 28.4. The molecule has 11 rings (SSSR count). The van der Waals surface area contributed by atoms with Crippen molar-refractivity contribution >= 4 is 85.5 Å². The van der Waals surface area contributed by atoms with Gasteiger partial charge >= 0.3 is 0 Å². The lowest BCUT2D eigenvalue weighted by molar-refractivity contribution is 1.43. The molecule has 236 valence electrons. The Labute approximate surface area is 298 Å². The molecule has 0 radical (unpaired) electrons. The van der Waals surface area contributed by atoms with Crippen molar-refractivity contribution in [3.63, 3.8) is 0 Å². The number of benzene rings is 9. The van der Waals surface area contributed by atoms with Gasteiger partial charge in [0.05, 0.1) is 5.52 Å². The molecule has 0 saturated carbocycles. The molecule has 0 aliphatic rings. The Morgan fingerprint density at radius 1 is 0.333 bits per heavy atom. The van der Waals surface area contributed by atoms with E-state index < -0.39 is 0 Å². The maximum Gasteiger partial charge on any atom is 0.0786 e. The minimum absolute atomic E-state index is 1.05. The van der Waals surface area contributed by atoms with Crippen molar-refractivity contribution in [3.05, 3.63) is 176 Å². The number of fused-ring (bicyclic) bond motifs is 12. The van der Waals surface area contributed by atoms with Gasteiger partial charge in [-0.3, -0.25) is 4.98 Å². The molecule has 9 aromatic carbocycles. The molecule has 0 amide bonds. The number of nitrogens with zero attached hydrogens (tertiary/aromatic N) is 1. The van der Waals surface area contributed by atoms with Crippen LogP contribution >= 0.6 is 11.3 Å². The number of thiophene rings is 1. The van der Waals surface area contributed by atoms with Crippen LogP contribution in [0, 0.1) is 0 Å². The first-order chi connectivity index (χ1) is 25.3. The fourth-order valence-corrected chi connectivity index (χ4v) is 9.72. The second-order valence-electron chi connectivity index (χ2n) is 13.4. The second kappa shape index (κ2) is 11.1. The summed E-state index contributed by atoms with van der Waals surface area (Å²) in [4.78, 5) is 4.85. The molecule has 0 atom stereocenters. The molecule has 0 bridgehead atoms. The molecule has 0 fully saturated rings. The average molecular weight is 664 g/mol. The summed E-state index contributed by atoms with van der Waals surface area (Å²) in [6.45, 7) is 0. The van der Waals surface area contributed by atoms with E-state index in [0.717, 1.165) is 10.9 Å². The maximum absolute atomic E-state index is 4.85. The number of hydrogen-bond donors (Lipinski definition) is 0. The second-order valence-corrected chi connectivity index (χ2v) is 14.5. The van der Waals surface area contributed by atoms with Gasteiger partial charge in [0.15, 0.2) is 0 Å². The normalized spacial score (nSPS) is 11.9. The van der Waals surface area contributed by atoms with Crippen LogP contribution in [0.1, 0.15) is 0 Å². The van der Waals surface area contributed by atoms with Gasteiger partial charge in [0.25, 0.3) is 0 Å². The smallest absolute Gasteiger partial charge is 0.0786 e. The molecule has 1 nitrogen and oxygen atoms in total. The summed E-state index contributed by atoms with van der Waals surface area (Å²) < 4.78 is 2.63. The third kappa shape index (κ3) is 4.30. The fourth-order valence-electron chi connectivity index (χ4n) is 8.35. The SMILES string of the molecule is c1cc(-c2ccc3c4ccccc4c4ccccc4c3c2)cc(-c2cccc3c2sc2c(-c4cccc5ccc6cccnc6c45)cccc23)c1. The van der Waals surface area contributed by atoms with Crippen molar-refractivity contribution < 1.29 is 0 Å². The van der Waals surface area contributed by atoms with E-state index in [1.807, 2.05) is 23.6 Å². The number of hydrogen-bond acceptors (Lipinski definition) is 2. The van der Waals surface area contributed by atoms with Gasteiger partial charge in [0.2, 0.25) is 0 Å². The average Bonchev–Trinajstić information content (AvgIpc) is 3.60. The Morgan fingerprint density at radius 2 is 0.882 bits per heavy atom. The van der Waals surface area contributed by atoms with Gasteiger partial charge in [-0.05, 0) is 83.7 Å². The Balaban J connectivity index is 1.09. The van der Waals surface area contributed by atoms with Crippen LogP contribution in [-0.4, -0.2) is 4.98 Å². The summed E-state index contributed by atoms with van der Waals surface area (Å²) in [5, 5.41) is 14.0. The first-order valence-corrected chi connectivity index (χ1v) is 18.3. The van der Waals surface area contributed by atoms with Crippen LogP contribution in [0.2, 0.25) is 0 Å². The van der Waals surface area contributed by atoms with E-state index in [2.05, 4.69) is 164 Å². The molecule has 0 saturated heterocycles. The third-order valence-electron chi connectivity index (χ3n) is 10.7. The summed E-state index contributed by atoms with van der Waals surface area (Å²) in [5.41, 5.74) is 8.49. The highest BCUT2D eigenvalue weighted by atomic mass is 32.1. The predicted molar refractivity (Wildman–Crippen MR) is 221 cm³/mol. The number of pyridine rings is 1. The molecule has 51 heavy (non-hydrogen) atoms.